The lowest BCUT2D eigenvalue weighted by molar-refractivity contribution is -0.117. The molecule has 0 saturated carbocycles. The highest BCUT2D eigenvalue weighted by atomic mass is 16.5. The number of methoxy groups -OCH3 is 1. The minimum absolute atomic E-state index is 0.133. The van der Waals surface area contributed by atoms with Crippen LogP contribution in [-0.2, 0) is 11.2 Å². The van der Waals surface area contributed by atoms with Crippen LogP contribution in [0.1, 0.15) is 51.9 Å². The van der Waals surface area contributed by atoms with Crippen LogP contribution < -0.4 is 4.74 Å². The quantitative estimate of drug-likeness (QED) is 0.833. The maximum absolute atomic E-state index is 6.09. The highest BCUT2D eigenvalue weighted by molar-refractivity contribution is 5.29. The van der Waals surface area contributed by atoms with Crippen LogP contribution in [0.2, 0.25) is 0 Å². The Morgan fingerprint density at radius 3 is 2.25 bits per heavy atom. The summed E-state index contributed by atoms with van der Waals surface area (Å²) in [6, 6.07) is 8.27. The molecule has 0 radical (unpaired) electrons. The fourth-order valence-electron chi connectivity index (χ4n) is 2.71. The molecule has 0 saturated heterocycles. The van der Waals surface area contributed by atoms with E-state index in [0.717, 1.165) is 11.6 Å². The second-order valence-corrected chi connectivity index (χ2v) is 7.57. The maximum Gasteiger partial charge on any atom is 0.137 e. The smallest absolute Gasteiger partial charge is 0.137 e. The molecule has 5 nitrogen and oxygen atoms in total. The summed E-state index contributed by atoms with van der Waals surface area (Å²) in [5.74, 6) is 2.16. The Bertz CT molecular complexity index is 615. The number of nitrogens with one attached hydrogen (secondary N) is 1. The molecule has 2 aromatic rings. The zero-order valence-electron chi connectivity index (χ0n) is 15.6. The molecule has 1 unspecified atom stereocenters. The summed E-state index contributed by atoms with van der Waals surface area (Å²) in [7, 11) is 1.73. The molecule has 0 spiro atoms. The van der Waals surface area contributed by atoms with Crippen LogP contribution in [0.25, 0.3) is 0 Å². The van der Waals surface area contributed by atoms with Crippen LogP contribution in [0, 0.1) is 5.41 Å². The summed E-state index contributed by atoms with van der Waals surface area (Å²) in [6.07, 6.45) is 2.13. The minimum atomic E-state index is -0.511. The second-order valence-electron chi connectivity index (χ2n) is 7.57. The normalized spacial score (nSPS) is 14.6. The van der Waals surface area contributed by atoms with Gasteiger partial charge in [-0.15, -0.1) is 0 Å². The van der Waals surface area contributed by atoms with Gasteiger partial charge in [-0.3, -0.25) is 5.10 Å². The molecule has 2 rings (SSSR count). The van der Waals surface area contributed by atoms with E-state index >= 15 is 0 Å². The Morgan fingerprint density at radius 2 is 1.79 bits per heavy atom. The first-order valence-corrected chi connectivity index (χ1v) is 8.39. The molecule has 0 aliphatic rings. The fraction of sp³-hybridized carbons (Fsp3) is 0.579. The number of H-pyrrole nitrogens is 1. The first-order chi connectivity index (χ1) is 11.3. The average molecular weight is 331 g/mol. The van der Waals surface area contributed by atoms with Crippen molar-refractivity contribution in [2.45, 2.75) is 52.6 Å². The number of aromatic nitrogens is 3. The van der Waals surface area contributed by atoms with Crippen LogP contribution >= 0.6 is 0 Å². The van der Waals surface area contributed by atoms with Crippen molar-refractivity contribution >= 4 is 0 Å². The van der Waals surface area contributed by atoms with E-state index < -0.39 is 5.60 Å². The van der Waals surface area contributed by atoms with Crippen LogP contribution in [0.4, 0.5) is 0 Å². The molecule has 0 amide bonds. The van der Waals surface area contributed by atoms with Gasteiger partial charge < -0.3 is 9.47 Å². The van der Waals surface area contributed by atoms with Gasteiger partial charge in [0.2, 0.25) is 0 Å². The van der Waals surface area contributed by atoms with E-state index in [0.29, 0.717) is 18.9 Å². The van der Waals surface area contributed by atoms with E-state index in [2.05, 4.69) is 61.9 Å². The predicted octanol–water partition coefficient (Wildman–Crippen LogP) is 3.98. The summed E-state index contributed by atoms with van der Waals surface area (Å²) in [6.45, 7) is 11.3. The largest absolute Gasteiger partial charge is 0.491 e. The van der Waals surface area contributed by atoms with Crippen LogP contribution in [-0.4, -0.2) is 34.5 Å². The molecule has 1 N–H and O–H groups in total. The average Bonchev–Trinajstić information content (AvgIpc) is 3.03. The van der Waals surface area contributed by atoms with Gasteiger partial charge in [-0.2, -0.15) is 5.10 Å². The van der Waals surface area contributed by atoms with Crippen molar-refractivity contribution in [3.8, 4) is 5.75 Å². The molecule has 0 fully saturated rings. The third kappa shape index (κ3) is 4.15. The lowest BCUT2D eigenvalue weighted by atomic mass is 9.74. The summed E-state index contributed by atoms with van der Waals surface area (Å²) in [4.78, 5) is 4.25. The van der Waals surface area contributed by atoms with Crippen molar-refractivity contribution < 1.29 is 9.47 Å². The minimum Gasteiger partial charge on any atom is -0.491 e. The Morgan fingerprint density at radius 1 is 1.12 bits per heavy atom. The number of aromatic amines is 1. The SMILES string of the molecule is COC(COc1ccc(C(C)C)cc1)(Cc1ncn[nH]1)C(C)(C)C. The van der Waals surface area contributed by atoms with Gasteiger partial charge in [-0.25, -0.2) is 4.98 Å². The van der Waals surface area contributed by atoms with Gasteiger partial charge in [0.1, 0.15) is 30.1 Å². The fourth-order valence-corrected chi connectivity index (χ4v) is 2.71. The number of hydrogen-bond donors (Lipinski definition) is 1. The number of hydrogen-bond acceptors (Lipinski definition) is 4. The molecular weight excluding hydrogens is 302 g/mol. The molecule has 24 heavy (non-hydrogen) atoms. The summed E-state index contributed by atoms with van der Waals surface area (Å²) in [5.41, 5.74) is 0.660. The van der Waals surface area contributed by atoms with E-state index in [4.69, 9.17) is 9.47 Å². The monoisotopic (exact) mass is 331 g/mol. The zero-order valence-corrected chi connectivity index (χ0v) is 15.6. The van der Waals surface area contributed by atoms with E-state index in [9.17, 15) is 0 Å². The number of nitrogens with zero attached hydrogens (tertiary/aromatic N) is 2. The van der Waals surface area contributed by atoms with Gasteiger partial charge in [0.25, 0.3) is 0 Å². The molecular formula is C19H29N3O2. The highest BCUT2D eigenvalue weighted by Crippen LogP contribution is 2.36. The second kappa shape index (κ2) is 7.34. The predicted molar refractivity (Wildman–Crippen MR) is 95.3 cm³/mol. The highest BCUT2D eigenvalue weighted by Gasteiger charge is 2.44. The summed E-state index contributed by atoms with van der Waals surface area (Å²) >= 11 is 0. The topological polar surface area (TPSA) is 60.0 Å². The van der Waals surface area contributed by atoms with E-state index in [1.807, 2.05) is 12.1 Å². The standard InChI is InChI=1S/C19H29N3O2/c1-14(2)15-7-9-16(10-8-15)24-12-19(23-6,18(3,4)5)11-17-20-13-21-22-17/h7-10,13-14H,11-12H2,1-6H3,(H,20,21,22). The first kappa shape index (κ1) is 18.5. The van der Waals surface area contributed by atoms with E-state index in [1.54, 1.807) is 7.11 Å². The lowest BCUT2D eigenvalue weighted by Crippen LogP contribution is -2.51. The van der Waals surface area contributed by atoms with Gasteiger partial charge in [0, 0.05) is 13.5 Å². The Labute approximate surface area is 144 Å². The molecule has 1 aromatic carbocycles. The molecule has 132 valence electrons. The third-order valence-electron chi connectivity index (χ3n) is 4.69. The van der Waals surface area contributed by atoms with Gasteiger partial charge >= 0.3 is 0 Å². The van der Waals surface area contributed by atoms with Gasteiger partial charge in [0.15, 0.2) is 0 Å². The lowest BCUT2D eigenvalue weighted by Gasteiger charge is -2.42. The molecule has 5 heteroatoms. The molecule has 1 heterocycles. The molecule has 0 aliphatic heterocycles. The van der Waals surface area contributed by atoms with Crippen molar-refractivity contribution in [2.75, 3.05) is 13.7 Å². The molecule has 0 aliphatic carbocycles. The Hall–Kier alpha value is -1.88. The van der Waals surface area contributed by atoms with Crippen molar-refractivity contribution in [1.29, 1.82) is 0 Å². The van der Waals surface area contributed by atoms with Crippen molar-refractivity contribution in [3.05, 3.63) is 42.0 Å². The van der Waals surface area contributed by atoms with Gasteiger partial charge in [-0.05, 0) is 29.0 Å². The summed E-state index contributed by atoms with van der Waals surface area (Å²) in [5, 5.41) is 6.85. The maximum atomic E-state index is 6.09. The first-order valence-electron chi connectivity index (χ1n) is 8.39. The number of rotatable bonds is 7. The number of ether oxygens (including phenoxy) is 2. The molecule has 0 bridgehead atoms. The van der Waals surface area contributed by atoms with E-state index in [-0.39, 0.29) is 5.41 Å². The van der Waals surface area contributed by atoms with Crippen molar-refractivity contribution in [1.82, 2.24) is 15.2 Å². The van der Waals surface area contributed by atoms with Crippen molar-refractivity contribution in [3.63, 3.8) is 0 Å². The van der Waals surface area contributed by atoms with Gasteiger partial charge in [0.05, 0.1) is 0 Å². The third-order valence-corrected chi connectivity index (χ3v) is 4.69. The summed E-state index contributed by atoms with van der Waals surface area (Å²) < 4.78 is 12.0. The molecule has 1 aromatic heterocycles. The van der Waals surface area contributed by atoms with E-state index in [1.165, 1.54) is 11.9 Å². The molecule has 1 atom stereocenters. The van der Waals surface area contributed by atoms with Crippen LogP contribution in [0.3, 0.4) is 0 Å². The van der Waals surface area contributed by atoms with Crippen LogP contribution in [0.5, 0.6) is 5.75 Å². The van der Waals surface area contributed by atoms with Gasteiger partial charge in [-0.1, -0.05) is 46.8 Å². The zero-order chi connectivity index (χ0) is 17.8. The Balaban J connectivity index is 2.16. The van der Waals surface area contributed by atoms with Crippen LogP contribution in [0.15, 0.2) is 30.6 Å². The van der Waals surface area contributed by atoms with Crippen molar-refractivity contribution in [2.24, 2.45) is 5.41 Å². The Kier molecular flexibility index (Phi) is 5.65. The number of benzene rings is 1.